The third kappa shape index (κ3) is 2.91. The van der Waals surface area contributed by atoms with Gasteiger partial charge in [-0.05, 0) is 25.7 Å². The predicted molar refractivity (Wildman–Crippen MR) is 66.6 cm³/mol. The molecular formula is C9H18N2O3S2. The van der Waals surface area contributed by atoms with Crippen LogP contribution in [0, 0.1) is 5.92 Å². The van der Waals surface area contributed by atoms with Gasteiger partial charge in [0.05, 0.1) is 4.99 Å². The predicted octanol–water partition coefficient (Wildman–Crippen LogP) is -0.305. The van der Waals surface area contributed by atoms with Gasteiger partial charge in [-0.1, -0.05) is 12.2 Å². The van der Waals surface area contributed by atoms with Crippen LogP contribution in [-0.2, 0) is 10.0 Å². The summed E-state index contributed by atoms with van der Waals surface area (Å²) in [5, 5.41) is 8.22. The van der Waals surface area contributed by atoms with Crippen LogP contribution in [0.25, 0.3) is 0 Å². The summed E-state index contributed by atoms with van der Waals surface area (Å²) in [6.07, 6.45) is 1.64. The van der Waals surface area contributed by atoms with Crippen LogP contribution in [0.1, 0.15) is 19.8 Å². The molecule has 0 aromatic carbocycles. The number of rotatable bonds is 4. The highest BCUT2D eigenvalue weighted by Crippen LogP contribution is 2.21. The average molecular weight is 266 g/mol. The Hall–Kier alpha value is -0.240. The van der Waals surface area contributed by atoms with Crippen molar-refractivity contribution in [3.8, 4) is 0 Å². The number of piperidine rings is 1. The van der Waals surface area contributed by atoms with Crippen molar-refractivity contribution in [2.75, 3.05) is 19.7 Å². The van der Waals surface area contributed by atoms with Crippen molar-refractivity contribution in [2.24, 2.45) is 11.7 Å². The monoisotopic (exact) mass is 266 g/mol. The smallest absolute Gasteiger partial charge is 0.223 e. The number of nitrogens with two attached hydrogens (primary N) is 1. The molecule has 0 aromatic rings. The molecule has 0 radical (unpaired) electrons. The first-order valence-corrected chi connectivity index (χ1v) is 7.20. The van der Waals surface area contributed by atoms with Gasteiger partial charge in [0.15, 0.2) is 0 Å². The van der Waals surface area contributed by atoms with E-state index in [1.165, 1.54) is 11.2 Å². The summed E-state index contributed by atoms with van der Waals surface area (Å²) in [4.78, 5) is -0.00822. The van der Waals surface area contributed by atoms with Crippen molar-refractivity contribution in [1.29, 1.82) is 0 Å². The SMILES string of the molecule is CC(C(N)=S)S(=O)(=O)N1CCCC(CO)C1. The quantitative estimate of drug-likeness (QED) is 0.682. The van der Waals surface area contributed by atoms with E-state index in [9.17, 15) is 8.42 Å². The van der Waals surface area contributed by atoms with Crippen molar-refractivity contribution >= 4 is 27.2 Å². The lowest BCUT2D eigenvalue weighted by molar-refractivity contribution is 0.165. The van der Waals surface area contributed by atoms with Crippen LogP contribution < -0.4 is 5.73 Å². The Morgan fingerprint density at radius 3 is 2.81 bits per heavy atom. The molecule has 0 aromatic heterocycles. The summed E-state index contributed by atoms with van der Waals surface area (Å²) in [6, 6.07) is 0. The molecule has 1 aliphatic heterocycles. The first-order valence-electron chi connectivity index (χ1n) is 5.28. The van der Waals surface area contributed by atoms with Crippen LogP contribution in [-0.4, -0.2) is 47.8 Å². The number of nitrogens with zero attached hydrogens (tertiary/aromatic N) is 1. The summed E-state index contributed by atoms with van der Waals surface area (Å²) in [5.41, 5.74) is 5.37. The molecule has 1 rings (SSSR count). The van der Waals surface area contributed by atoms with Crippen LogP contribution in [0.15, 0.2) is 0 Å². The van der Waals surface area contributed by atoms with E-state index in [4.69, 9.17) is 23.1 Å². The van der Waals surface area contributed by atoms with E-state index in [-0.39, 0.29) is 17.5 Å². The summed E-state index contributed by atoms with van der Waals surface area (Å²) >= 11 is 4.72. The molecule has 7 heteroatoms. The number of hydrogen-bond donors (Lipinski definition) is 2. The fourth-order valence-corrected chi connectivity index (χ4v) is 3.69. The molecule has 0 bridgehead atoms. The molecule has 0 aliphatic carbocycles. The molecule has 1 aliphatic rings. The molecule has 0 saturated carbocycles. The van der Waals surface area contributed by atoms with Gasteiger partial charge in [-0.25, -0.2) is 12.7 Å². The second-order valence-corrected chi connectivity index (χ2v) is 6.86. The molecule has 1 fully saturated rings. The van der Waals surface area contributed by atoms with Crippen LogP contribution >= 0.6 is 12.2 Å². The Balaban J connectivity index is 2.79. The third-order valence-corrected chi connectivity index (χ3v) is 5.65. The molecule has 1 saturated heterocycles. The maximum atomic E-state index is 12.1. The maximum absolute atomic E-state index is 12.1. The lowest BCUT2D eigenvalue weighted by atomic mass is 10.0. The molecular weight excluding hydrogens is 248 g/mol. The lowest BCUT2D eigenvalue weighted by Gasteiger charge is -2.32. The Bertz CT molecular complexity index is 356. The maximum Gasteiger partial charge on any atom is 0.223 e. The Morgan fingerprint density at radius 1 is 1.69 bits per heavy atom. The minimum atomic E-state index is -3.45. The van der Waals surface area contributed by atoms with E-state index in [1.54, 1.807) is 0 Å². The minimum Gasteiger partial charge on any atom is -0.396 e. The zero-order valence-electron chi connectivity index (χ0n) is 9.30. The van der Waals surface area contributed by atoms with Crippen molar-refractivity contribution in [2.45, 2.75) is 25.0 Å². The van der Waals surface area contributed by atoms with Gasteiger partial charge < -0.3 is 10.8 Å². The number of aliphatic hydroxyl groups excluding tert-OH is 1. The van der Waals surface area contributed by atoms with Gasteiger partial charge in [-0.3, -0.25) is 0 Å². The zero-order valence-corrected chi connectivity index (χ0v) is 10.9. The van der Waals surface area contributed by atoms with E-state index in [0.29, 0.717) is 13.1 Å². The van der Waals surface area contributed by atoms with Gasteiger partial charge in [0.25, 0.3) is 0 Å². The topological polar surface area (TPSA) is 83.6 Å². The highest BCUT2D eigenvalue weighted by atomic mass is 32.2. The summed E-state index contributed by atoms with van der Waals surface area (Å²) < 4.78 is 25.5. The van der Waals surface area contributed by atoms with Gasteiger partial charge >= 0.3 is 0 Å². The van der Waals surface area contributed by atoms with Crippen LogP contribution in [0.4, 0.5) is 0 Å². The fourth-order valence-electron chi connectivity index (χ4n) is 1.78. The average Bonchev–Trinajstić information content (AvgIpc) is 2.27. The Morgan fingerprint density at radius 2 is 2.31 bits per heavy atom. The lowest BCUT2D eigenvalue weighted by Crippen LogP contribution is -2.47. The van der Waals surface area contributed by atoms with Crippen LogP contribution in [0.2, 0.25) is 0 Å². The van der Waals surface area contributed by atoms with E-state index < -0.39 is 15.3 Å². The molecule has 0 spiro atoms. The highest BCUT2D eigenvalue weighted by Gasteiger charge is 2.33. The first-order chi connectivity index (χ1) is 7.39. The summed E-state index contributed by atoms with van der Waals surface area (Å²) in [6.45, 7) is 2.38. The minimum absolute atomic E-state index is 0.00822. The van der Waals surface area contributed by atoms with Gasteiger partial charge in [0, 0.05) is 19.7 Å². The highest BCUT2D eigenvalue weighted by molar-refractivity contribution is 7.92. The molecule has 2 unspecified atom stereocenters. The molecule has 0 amide bonds. The molecule has 5 nitrogen and oxygen atoms in total. The van der Waals surface area contributed by atoms with Gasteiger partial charge in [-0.15, -0.1) is 0 Å². The van der Waals surface area contributed by atoms with Crippen molar-refractivity contribution in [3.63, 3.8) is 0 Å². The number of thiocarbonyl (C=S) groups is 1. The van der Waals surface area contributed by atoms with Crippen LogP contribution in [0.3, 0.4) is 0 Å². The fraction of sp³-hybridized carbons (Fsp3) is 0.889. The van der Waals surface area contributed by atoms with E-state index in [0.717, 1.165) is 12.8 Å². The summed E-state index contributed by atoms with van der Waals surface area (Å²) in [5.74, 6) is 0.0297. The van der Waals surface area contributed by atoms with Gasteiger partial charge in [-0.2, -0.15) is 0 Å². The van der Waals surface area contributed by atoms with Gasteiger partial charge in [0.1, 0.15) is 5.25 Å². The second kappa shape index (κ2) is 5.39. The van der Waals surface area contributed by atoms with Crippen molar-refractivity contribution in [3.05, 3.63) is 0 Å². The largest absolute Gasteiger partial charge is 0.396 e. The molecule has 3 N–H and O–H groups in total. The molecule has 1 heterocycles. The molecule has 2 atom stereocenters. The van der Waals surface area contributed by atoms with E-state index >= 15 is 0 Å². The van der Waals surface area contributed by atoms with E-state index in [2.05, 4.69) is 0 Å². The zero-order chi connectivity index (χ0) is 12.3. The van der Waals surface area contributed by atoms with E-state index in [1.807, 2.05) is 0 Å². The van der Waals surface area contributed by atoms with Gasteiger partial charge in [0.2, 0.25) is 10.0 Å². The Labute approximate surface area is 102 Å². The standard InChI is InChI=1S/C9H18N2O3S2/c1-7(9(10)15)16(13,14)11-4-2-3-8(5-11)6-12/h7-8,12H,2-6H2,1H3,(H2,10,15). The molecule has 94 valence electrons. The van der Waals surface area contributed by atoms with Crippen molar-refractivity contribution < 1.29 is 13.5 Å². The second-order valence-electron chi connectivity index (χ2n) is 4.14. The number of sulfonamides is 1. The number of aliphatic hydroxyl groups is 1. The normalized spacial score (nSPS) is 25.2. The first kappa shape index (κ1) is 13.8. The van der Waals surface area contributed by atoms with Crippen molar-refractivity contribution in [1.82, 2.24) is 4.31 Å². The molecule has 16 heavy (non-hydrogen) atoms. The summed E-state index contributed by atoms with van der Waals surface area (Å²) in [7, 11) is -3.45. The Kier molecular flexibility index (Phi) is 4.66. The van der Waals surface area contributed by atoms with Crippen LogP contribution in [0.5, 0.6) is 0 Å². The number of hydrogen-bond acceptors (Lipinski definition) is 4. The third-order valence-electron chi connectivity index (χ3n) is 2.95.